The normalized spacial score (nSPS) is 14.2. The van der Waals surface area contributed by atoms with Crippen molar-refractivity contribution >= 4 is 0 Å². The minimum atomic E-state index is -0.477. The van der Waals surface area contributed by atoms with E-state index < -0.39 is 6.10 Å². The molecule has 2 atom stereocenters. The molecule has 0 amide bonds. The molecule has 0 aliphatic carbocycles. The molecular weight excluding hydrogens is 254 g/mol. The van der Waals surface area contributed by atoms with Crippen LogP contribution in [0, 0.1) is 0 Å². The Morgan fingerprint density at radius 2 is 1.85 bits per heavy atom. The molecule has 0 heterocycles. The highest BCUT2D eigenvalue weighted by Crippen LogP contribution is 2.02. The molecule has 4 nitrogen and oxygen atoms in total. The van der Waals surface area contributed by atoms with Crippen molar-refractivity contribution in [3.8, 4) is 0 Å². The van der Waals surface area contributed by atoms with Gasteiger partial charge < -0.3 is 19.9 Å². The van der Waals surface area contributed by atoms with E-state index in [0.29, 0.717) is 39.0 Å². The fraction of sp³-hybridized carbons (Fsp3) is 0.625. The number of hydrogen-bond acceptors (Lipinski definition) is 4. The van der Waals surface area contributed by atoms with Gasteiger partial charge in [-0.05, 0) is 25.8 Å². The van der Waals surface area contributed by atoms with E-state index in [1.165, 1.54) is 5.56 Å². The topological polar surface area (TPSA) is 50.7 Å². The van der Waals surface area contributed by atoms with Crippen molar-refractivity contribution in [3.63, 3.8) is 0 Å². The first-order valence-electron chi connectivity index (χ1n) is 7.33. The maximum atomic E-state index is 9.79. The quantitative estimate of drug-likeness (QED) is 0.605. The van der Waals surface area contributed by atoms with Gasteiger partial charge in [0.05, 0.1) is 25.9 Å². The van der Waals surface area contributed by atoms with E-state index in [1.807, 2.05) is 25.1 Å². The summed E-state index contributed by atoms with van der Waals surface area (Å²) in [5, 5.41) is 13.1. The third-order valence-corrected chi connectivity index (χ3v) is 2.97. The summed E-state index contributed by atoms with van der Waals surface area (Å²) in [4.78, 5) is 0. The van der Waals surface area contributed by atoms with Crippen molar-refractivity contribution in [3.05, 3.63) is 35.9 Å². The fourth-order valence-corrected chi connectivity index (χ4v) is 1.92. The number of hydrogen-bond donors (Lipinski definition) is 2. The van der Waals surface area contributed by atoms with Gasteiger partial charge in [0.2, 0.25) is 0 Å². The third-order valence-electron chi connectivity index (χ3n) is 2.97. The van der Waals surface area contributed by atoms with Crippen LogP contribution in [0.15, 0.2) is 30.3 Å². The molecular formula is C16H27NO3. The Hall–Kier alpha value is -0.940. The molecule has 1 aromatic rings. The number of ether oxygens (including phenoxy) is 2. The smallest absolute Gasteiger partial charge is 0.0897 e. The van der Waals surface area contributed by atoms with Crippen molar-refractivity contribution < 1.29 is 14.6 Å². The molecule has 114 valence electrons. The van der Waals surface area contributed by atoms with Crippen LogP contribution >= 0.6 is 0 Å². The largest absolute Gasteiger partial charge is 0.389 e. The number of benzene rings is 1. The van der Waals surface area contributed by atoms with E-state index in [9.17, 15) is 5.11 Å². The van der Waals surface area contributed by atoms with E-state index >= 15 is 0 Å². The summed E-state index contributed by atoms with van der Waals surface area (Å²) in [5.74, 6) is 0. The lowest BCUT2D eigenvalue weighted by Gasteiger charge is -2.17. The lowest BCUT2D eigenvalue weighted by molar-refractivity contribution is 0.00588. The van der Waals surface area contributed by atoms with Gasteiger partial charge in [0, 0.05) is 19.2 Å². The molecule has 0 fully saturated rings. The Balaban J connectivity index is 2.06. The highest BCUT2D eigenvalue weighted by Gasteiger charge is 2.07. The first kappa shape index (κ1) is 17.1. The summed E-state index contributed by atoms with van der Waals surface area (Å²) in [5.41, 5.74) is 1.30. The fourth-order valence-electron chi connectivity index (χ4n) is 1.92. The highest BCUT2D eigenvalue weighted by molar-refractivity contribution is 5.15. The Labute approximate surface area is 122 Å². The molecule has 0 aliphatic heterocycles. The van der Waals surface area contributed by atoms with E-state index in [-0.39, 0.29) is 0 Å². The van der Waals surface area contributed by atoms with Gasteiger partial charge in [0.1, 0.15) is 0 Å². The Morgan fingerprint density at radius 1 is 1.15 bits per heavy atom. The number of rotatable bonds is 11. The van der Waals surface area contributed by atoms with Crippen molar-refractivity contribution in [1.29, 1.82) is 0 Å². The molecule has 0 spiro atoms. The molecule has 0 saturated carbocycles. The molecule has 0 bridgehead atoms. The molecule has 20 heavy (non-hydrogen) atoms. The predicted octanol–water partition coefficient (Wildman–Crippen LogP) is 1.62. The number of nitrogens with one attached hydrogen (secondary N) is 1. The van der Waals surface area contributed by atoms with Crippen LogP contribution in [0.3, 0.4) is 0 Å². The van der Waals surface area contributed by atoms with Gasteiger partial charge in [-0.3, -0.25) is 0 Å². The average molecular weight is 281 g/mol. The van der Waals surface area contributed by atoms with Crippen molar-refractivity contribution in [2.75, 3.05) is 33.0 Å². The Morgan fingerprint density at radius 3 is 2.55 bits per heavy atom. The van der Waals surface area contributed by atoms with Gasteiger partial charge in [-0.2, -0.15) is 0 Å². The van der Waals surface area contributed by atoms with Gasteiger partial charge in [0.25, 0.3) is 0 Å². The minimum Gasteiger partial charge on any atom is -0.389 e. The summed E-state index contributed by atoms with van der Waals surface area (Å²) < 4.78 is 10.5. The number of aliphatic hydroxyl groups is 1. The van der Waals surface area contributed by atoms with Crippen LogP contribution in [0.1, 0.15) is 19.4 Å². The summed E-state index contributed by atoms with van der Waals surface area (Å²) in [6, 6.07) is 10.7. The lowest BCUT2D eigenvalue weighted by Crippen LogP contribution is -2.37. The van der Waals surface area contributed by atoms with Crippen LogP contribution in [0.25, 0.3) is 0 Å². The number of aliphatic hydroxyl groups excluding tert-OH is 1. The molecule has 0 saturated heterocycles. The van der Waals surface area contributed by atoms with Crippen LogP contribution in [0.4, 0.5) is 0 Å². The average Bonchev–Trinajstić information content (AvgIpc) is 2.46. The second kappa shape index (κ2) is 10.8. The summed E-state index contributed by atoms with van der Waals surface area (Å²) in [6.07, 6.45) is 0.480. The highest BCUT2D eigenvalue weighted by atomic mass is 16.5. The zero-order valence-electron chi connectivity index (χ0n) is 12.5. The molecule has 1 rings (SSSR count). The monoisotopic (exact) mass is 281 g/mol. The zero-order chi connectivity index (χ0) is 14.6. The molecule has 0 aliphatic rings. The molecule has 0 aromatic heterocycles. The van der Waals surface area contributed by atoms with Crippen LogP contribution < -0.4 is 5.32 Å². The van der Waals surface area contributed by atoms with Crippen molar-refractivity contribution in [2.24, 2.45) is 0 Å². The van der Waals surface area contributed by atoms with Crippen LogP contribution in [-0.4, -0.2) is 50.2 Å². The summed E-state index contributed by atoms with van der Waals surface area (Å²) in [6.45, 7) is 6.78. The minimum absolute atomic E-state index is 0.329. The van der Waals surface area contributed by atoms with E-state index in [0.717, 1.165) is 6.42 Å². The first-order valence-corrected chi connectivity index (χ1v) is 7.33. The van der Waals surface area contributed by atoms with Crippen LogP contribution in [0.2, 0.25) is 0 Å². The van der Waals surface area contributed by atoms with Crippen molar-refractivity contribution in [1.82, 2.24) is 5.32 Å². The van der Waals surface area contributed by atoms with E-state index in [4.69, 9.17) is 9.47 Å². The lowest BCUT2D eigenvalue weighted by atomic mass is 10.1. The van der Waals surface area contributed by atoms with Gasteiger partial charge >= 0.3 is 0 Å². The van der Waals surface area contributed by atoms with Gasteiger partial charge in [0.15, 0.2) is 0 Å². The summed E-state index contributed by atoms with van der Waals surface area (Å²) >= 11 is 0. The second-order valence-electron chi connectivity index (χ2n) is 4.92. The van der Waals surface area contributed by atoms with Gasteiger partial charge in [-0.15, -0.1) is 0 Å². The van der Waals surface area contributed by atoms with Gasteiger partial charge in [-0.1, -0.05) is 30.3 Å². The maximum Gasteiger partial charge on any atom is 0.0897 e. The standard InChI is InChI=1S/C16H27NO3/c1-3-19-9-10-20-13-16(18)12-17-14(2)11-15-7-5-4-6-8-15/h4-8,14,16-18H,3,9-13H2,1-2H3. The Kier molecular flexibility index (Phi) is 9.24. The van der Waals surface area contributed by atoms with E-state index in [2.05, 4.69) is 24.4 Å². The molecule has 2 unspecified atom stereocenters. The molecule has 0 radical (unpaired) electrons. The summed E-state index contributed by atoms with van der Waals surface area (Å²) in [7, 11) is 0. The maximum absolute atomic E-state index is 9.79. The van der Waals surface area contributed by atoms with Gasteiger partial charge in [-0.25, -0.2) is 0 Å². The molecule has 4 heteroatoms. The predicted molar refractivity (Wildman–Crippen MR) is 80.9 cm³/mol. The second-order valence-corrected chi connectivity index (χ2v) is 4.92. The molecule has 2 N–H and O–H groups in total. The van der Waals surface area contributed by atoms with Crippen LogP contribution in [0.5, 0.6) is 0 Å². The Bertz CT molecular complexity index is 332. The van der Waals surface area contributed by atoms with Crippen LogP contribution in [-0.2, 0) is 15.9 Å². The van der Waals surface area contributed by atoms with Crippen molar-refractivity contribution in [2.45, 2.75) is 32.4 Å². The van der Waals surface area contributed by atoms with E-state index in [1.54, 1.807) is 0 Å². The zero-order valence-corrected chi connectivity index (χ0v) is 12.5. The third kappa shape index (κ3) is 8.27. The first-order chi connectivity index (χ1) is 9.72. The SMILES string of the molecule is CCOCCOCC(O)CNC(C)Cc1ccccc1. The molecule has 1 aromatic carbocycles.